The molecule has 1 atom stereocenters. The zero-order valence-corrected chi connectivity index (χ0v) is 9.03. The van der Waals surface area contributed by atoms with Gasteiger partial charge in [0.15, 0.2) is 0 Å². The van der Waals surface area contributed by atoms with Crippen molar-refractivity contribution in [2.75, 3.05) is 25.6 Å². The van der Waals surface area contributed by atoms with Gasteiger partial charge in [0.05, 0.1) is 6.61 Å². The maximum atomic E-state index is 8.66. The molecule has 1 N–H and O–H groups in total. The minimum absolute atomic E-state index is 0.419. The predicted molar refractivity (Wildman–Crippen MR) is 58.5 cm³/mol. The Balaban J connectivity index is 2.47. The molecule has 4 nitrogen and oxygen atoms in total. The topological polar surface area (TPSA) is 57.9 Å². The van der Waals surface area contributed by atoms with Gasteiger partial charge in [0.2, 0.25) is 0 Å². The van der Waals surface area contributed by atoms with Crippen LogP contribution in [-0.4, -0.2) is 25.2 Å². The fraction of sp³-hybridized carbons (Fsp3) is 0.455. The molecular formula is C11H15N3O. The van der Waals surface area contributed by atoms with E-state index in [2.05, 4.69) is 17.2 Å². The summed E-state index contributed by atoms with van der Waals surface area (Å²) in [7, 11) is 1.69. The number of hydrogen-bond acceptors (Lipinski definition) is 4. The third-order valence-electron chi connectivity index (χ3n) is 1.95. The summed E-state index contributed by atoms with van der Waals surface area (Å²) in [5, 5.41) is 11.8. The van der Waals surface area contributed by atoms with Crippen LogP contribution in [0.2, 0.25) is 0 Å². The molecule has 1 aromatic heterocycles. The highest BCUT2D eigenvalue weighted by molar-refractivity contribution is 5.38. The molecule has 0 saturated heterocycles. The van der Waals surface area contributed by atoms with E-state index in [-0.39, 0.29) is 0 Å². The highest BCUT2D eigenvalue weighted by atomic mass is 16.5. The molecule has 1 heterocycles. The van der Waals surface area contributed by atoms with Crippen molar-refractivity contribution in [1.82, 2.24) is 4.98 Å². The average molecular weight is 205 g/mol. The van der Waals surface area contributed by atoms with Gasteiger partial charge in [-0.25, -0.2) is 4.98 Å². The molecule has 1 unspecified atom stereocenters. The second-order valence-corrected chi connectivity index (χ2v) is 3.46. The Morgan fingerprint density at radius 3 is 3.07 bits per heavy atom. The third-order valence-corrected chi connectivity index (χ3v) is 1.95. The van der Waals surface area contributed by atoms with E-state index < -0.39 is 0 Å². The van der Waals surface area contributed by atoms with Crippen molar-refractivity contribution < 1.29 is 4.74 Å². The SMILES string of the molecule is COCC(C)CNc1cccc(C#N)n1. The van der Waals surface area contributed by atoms with Crippen LogP contribution < -0.4 is 5.32 Å². The number of anilines is 1. The Bertz CT molecular complexity index is 346. The summed E-state index contributed by atoms with van der Waals surface area (Å²) >= 11 is 0. The van der Waals surface area contributed by atoms with Gasteiger partial charge in [-0.2, -0.15) is 5.26 Å². The van der Waals surface area contributed by atoms with E-state index in [1.807, 2.05) is 18.2 Å². The minimum Gasteiger partial charge on any atom is -0.384 e. The first-order valence-corrected chi connectivity index (χ1v) is 4.86. The zero-order valence-electron chi connectivity index (χ0n) is 9.03. The van der Waals surface area contributed by atoms with E-state index in [9.17, 15) is 0 Å². The molecule has 0 saturated carbocycles. The lowest BCUT2D eigenvalue weighted by Gasteiger charge is -2.11. The summed E-state index contributed by atoms with van der Waals surface area (Å²) in [5.41, 5.74) is 0.430. The van der Waals surface area contributed by atoms with Crippen LogP contribution in [0, 0.1) is 17.2 Å². The molecule has 0 radical (unpaired) electrons. The number of hydrogen-bond donors (Lipinski definition) is 1. The Morgan fingerprint density at radius 2 is 2.40 bits per heavy atom. The summed E-state index contributed by atoms with van der Waals surface area (Å²) in [6, 6.07) is 7.35. The molecule has 0 aliphatic heterocycles. The molecule has 1 aromatic rings. The minimum atomic E-state index is 0.419. The second kappa shape index (κ2) is 5.99. The molecule has 80 valence electrons. The van der Waals surface area contributed by atoms with E-state index in [4.69, 9.17) is 10.00 Å². The summed E-state index contributed by atoms with van der Waals surface area (Å²) in [5.74, 6) is 1.15. The molecule has 4 heteroatoms. The Labute approximate surface area is 89.9 Å². The van der Waals surface area contributed by atoms with Gasteiger partial charge in [-0.05, 0) is 18.1 Å². The number of methoxy groups -OCH3 is 1. The molecule has 15 heavy (non-hydrogen) atoms. The van der Waals surface area contributed by atoms with Gasteiger partial charge < -0.3 is 10.1 Å². The van der Waals surface area contributed by atoms with E-state index >= 15 is 0 Å². The molecular weight excluding hydrogens is 190 g/mol. The van der Waals surface area contributed by atoms with E-state index in [1.165, 1.54) is 0 Å². The number of ether oxygens (including phenoxy) is 1. The van der Waals surface area contributed by atoms with Crippen molar-refractivity contribution in [3.63, 3.8) is 0 Å². The fourth-order valence-corrected chi connectivity index (χ4v) is 1.22. The molecule has 0 bridgehead atoms. The number of nitriles is 1. The van der Waals surface area contributed by atoms with Gasteiger partial charge >= 0.3 is 0 Å². The van der Waals surface area contributed by atoms with Gasteiger partial charge in [0.1, 0.15) is 17.6 Å². The molecule has 0 spiro atoms. The van der Waals surface area contributed by atoms with Crippen LogP contribution in [0.25, 0.3) is 0 Å². The van der Waals surface area contributed by atoms with Crippen molar-refractivity contribution in [2.24, 2.45) is 5.92 Å². The standard InChI is InChI=1S/C11H15N3O/c1-9(8-15-2)7-13-11-5-3-4-10(6-12)14-11/h3-5,9H,7-8H2,1-2H3,(H,13,14). The van der Waals surface area contributed by atoms with Crippen LogP contribution in [0.5, 0.6) is 0 Å². The largest absolute Gasteiger partial charge is 0.384 e. The summed E-state index contributed by atoms with van der Waals surface area (Å²) < 4.78 is 5.02. The first-order chi connectivity index (χ1) is 7.26. The van der Waals surface area contributed by atoms with Crippen molar-refractivity contribution in [1.29, 1.82) is 5.26 Å². The molecule has 0 aliphatic rings. The van der Waals surface area contributed by atoms with E-state index in [1.54, 1.807) is 13.2 Å². The summed E-state index contributed by atoms with van der Waals surface area (Å²) in [6.07, 6.45) is 0. The van der Waals surface area contributed by atoms with Crippen molar-refractivity contribution in [3.8, 4) is 6.07 Å². The zero-order chi connectivity index (χ0) is 11.1. The van der Waals surface area contributed by atoms with Gasteiger partial charge in [-0.1, -0.05) is 13.0 Å². The highest BCUT2D eigenvalue weighted by Crippen LogP contribution is 2.05. The molecule has 0 amide bonds. The highest BCUT2D eigenvalue weighted by Gasteiger charge is 2.01. The Hall–Kier alpha value is -1.60. The van der Waals surface area contributed by atoms with Crippen LogP contribution in [0.3, 0.4) is 0 Å². The molecule has 1 rings (SSSR count). The van der Waals surface area contributed by atoms with E-state index in [0.29, 0.717) is 18.2 Å². The van der Waals surface area contributed by atoms with Crippen molar-refractivity contribution in [2.45, 2.75) is 6.92 Å². The predicted octanol–water partition coefficient (Wildman–Crippen LogP) is 1.65. The van der Waals surface area contributed by atoms with Crippen LogP contribution >= 0.6 is 0 Å². The average Bonchev–Trinajstić information content (AvgIpc) is 2.27. The number of rotatable bonds is 5. The van der Waals surface area contributed by atoms with Gasteiger partial charge in [-0.3, -0.25) is 0 Å². The molecule has 0 aromatic carbocycles. The third kappa shape index (κ3) is 3.96. The van der Waals surface area contributed by atoms with Gasteiger partial charge in [0.25, 0.3) is 0 Å². The summed E-state index contributed by atoms with van der Waals surface area (Å²) in [6.45, 7) is 3.59. The van der Waals surface area contributed by atoms with Gasteiger partial charge in [0, 0.05) is 13.7 Å². The maximum Gasteiger partial charge on any atom is 0.142 e. The number of pyridine rings is 1. The number of nitrogens with one attached hydrogen (secondary N) is 1. The second-order valence-electron chi connectivity index (χ2n) is 3.46. The molecule has 0 aliphatic carbocycles. The quantitative estimate of drug-likeness (QED) is 0.794. The summed E-state index contributed by atoms with van der Waals surface area (Å²) in [4.78, 5) is 4.11. The maximum absolute atomic E-state index is 8.66. The van der Waals surface area contributed by atoms with Crippen LogP contribution in [-0.2, 0) is 4.74 Å². The first-order valence-electron chi connectivity index (χ1n) is 4.86. The Morgan fingerprint density at radius 1 is 1.60 bits per heavy atom. The smallest absolute Gasteiger partial charge is 0.142 e. The molecule has 0 fully saturated rings. The lowest BCUT2D eigenvalue weighted by Crippen LogP contribution is -2.16. The van der Waals surface area contributed by atoms with Gasteiger partial charge in [-0.15, -0.1) is 0 Å². The monoisotopic (exact) mass is 205 g/mol. The lowest BCUT2D eigenvalue weighted by molar-refractivity contribution is 0.164. The lowest BCUT2D eigenvalue weighted by atomic mass is 10.2. The normalized spacial score (nSPS) is 11.8. The van der Waals surface area contributed by atoms with Crippen LogP contribution in [0.15, 0.2) is 18.2 Å². The van der Waals surface area contributed by atoms with Crippen molar-refractivity contribution in [3.05, 3.63) is 23.9 Å². The fourth-order valence-electron chi connectivity index (χ4n) is 1.22. The van der Waals surface area contributed by atoms with Crippen molar-refractivity contribution >= 4 is 5.82 Å². The first kappa shape index (κ1) is 11.5. The van der Waals surface area contributed by atoms with Crippen LogP contribution in [0.1, 0.15) is 12.6 Å². The number of nitrogens with zero attached hydrogens (tertiary/aromatic N) is 2. The number of aromatic nitrogens is 1. The van der Waals surface area contributed by atoms with Crippen LogP contribution in [0.4, 0.5) is 5.82 Å². The Kier molecular flexibility index (Phi) is 4.58. The van der Waals surface area contributed by atoms with E-state index in [0.717, 1.165) is 12.4 Å².